The van der Waals surface area contributed by atoms with Gasteiger partial charge < -0.3 is 10.1 Å². The zero-order valence-electron chi connectivity index (χ0n) is 11.5. The molecule has 0 aliphatic heterocycles. The average molecular weight is 334 g/mol. The lowest BCUT2D eigenvalue weighted by atomic mass is 10.2. The molecule has 1 amide bonds. The summed E-state index contributed by atoms with van der Waals surface area (Å²) in [6, 6.07) is 9.21. The average Bonchev–Trinajstić information content (AvgIpc) is 3.00. The van der Waals surface area contributed by atoms with E-state index in [0.29, 0.717) is 17.4 Å². The molecule has 0 aliphatic carbocycles. The quantitative estimate of drug-likeness (QED) is 0.779. The van der Waals surface area contributed by atoms with Crippen molar-refractivity contribution in [1.29, 1.82) is 0 Å². The van der Waals surface area contributed by atoms with Gasteiger partial charge in [-0.15, -0.1) is 11.3 Å². The van der Waals surface area contributed by atoms with Crippen LogP contribution in [0.5, 0.6) is 5.88 Å². The number of amides is 1. The van der Waals surface area contributed by atoms with E-state index in [-0.39, 0.29) is 12.5 Å². The second kappa shape index (κ2) is 6.72. The van der Waals surface area contributed by atoms with E-state index < -0.39 is 0 Å². The number of carbonyl (C=O) groups excluding carboxylic acids is 1. The maximum absolute atomic E-state index is 11.8. The van der Waals surface area contributed by atoms with Crippen molar-refractivity contribution >= 4 is 39.1 Å². The maximum Gasteiger partial charge on any atom is 0.258 e. The molecule has 0 aliphatic rings. The van der Waals surface area contributed by atoms with Crippen molar-refractivity contribution in [1.82, 2.24) is 15.3 Å². The summed E-state index contributed by atoms with van der Waals surface area (Å²) in [5, 5.41) is 6.14. The fourth-order valence-electron chi connectivity index (χ4n) is 1.91. The second-order valence-corrected chi connectivity index (χ2v) is 5.84. The Morgan fingerprint density at radius 3 is 3.09 bits per heavy atom. The Balaban J connectivity index is 1.55. The first-order valence-corrected chi connectivity index (χ1v) is 7.80. The fourth-order valence-corrected chi connectivity index (χ4v) is 2.85. The molecule has 0 fully saturated rings. The van der Waals surface area contributed by atoms with Gasteiger partial charge in [-0.2, -0.15) is 0 Å². The Morgan fingerprint density at radius 2 is 2.23 bits per heavy atom. The number of ether oxygens (including phenoxy) is 1. The second-order valence-electron chi connectivity index (χ2n) is 4.51. The van der Waals surface area contributed by atoms with Crippen molar-refractivity contribution < 1.29 is 9.53 Å². The highest BCUT2D eigenvalue weighted by Crippen LogP contribution is 2.25. The summed E-state index contributed by atoms with van der Waals surface area (Å²) in [4.78, 5) is 20.9. The van der Waals surface area contributed by atoms with Gasteiger partial charge in [-0.3, -0.25) is 4.79 Å². The van der Waals surface area contributed by atoms with Crippen LogP contribution in [0.15, 0.2) is 42.0 Å². The van der Waals surface area contributed by atoms with Gasteiger partial charge in [0.15, 0.2) is 6.61 Å². The lowest BCUT2D eigenvalue weighted by Crippen LogP contribution is -2.28. The number of thiophene rings is 1. The van der Waals surface area contributed by atoms with Crippen LogP contribution in [0.4, 0.5) is 0 Å². The lowest BCUT2D eigenvalue weighted by molar-refractivity contribution is -0.123. The maximum atomic E-state index is 11.8. The molecule has 7 heteroatoms. The molecule has 0 spiro atoms. The van der Waals surface area contributed by atoms with Gasteiger partial charge in [-0.25, -0.2) is 9.97 Å². The molecule has 5 nitrogen and oxygen atoms in total. The molecular weight excluding hydrogens is 322 g/mol. The van der Waals surface area contributed by atoms with E-state index in [9.17, 15) is 4.79 Å². The fraction of sp³-hybridized carbons (Fsp3) is 0.133. The molecule has 22 heavy (non-hydrogen) atoms. The molecule has 1 aromatic carbocycles. The topological polar surface area (TPSA) is 64.1 Å². The number of rotatable bonds is 5. The molecular formula is C15H12ClN3O2S. The van der Waals surface area contributed by atoms with Crippen LogP contribution >= 0.6 is 22.9 Å². The van der Waals surface area contributed by atoms with E-state index in [1.807, 2.05) is 29.6 Å². The molecule has 2 aromatic heterocycles. The van der Waals surface area contributed by atoms with Gasteiger partial charge in [-0.1, -0.05) is 23.7 Å². The Hall–Kier alpha value is -2.18. The van der Waals surface area contributed by atoms with Crippen molar-refractivity contribution in [3.63, 3.8) is 0 Å². The monoisotopic (exact) mass is 333 g/mol. The van der Waals surface area contributed by atoms with E-state index in [0.717, 1.165) is 15.8 Å². The van der Waals surface area contributed by atoms with Crippen LogP contribution in [0.2, 0.25) is 5.02 Å². The van der Waals surface area contributed by atoms with Gasteiger partial charge in [-0.05, 0) is 29.1 Å². The molecule has 0 saturated heterocycles. The highest BCUT2D eigenvalue weighted by atomic mass is 35.5. The lowest BCUT2D eigenvalue weighted by Gasteiger charge is -2.07. The van der Waals surface area contributed by atoms with Crippen molar-refractivity contribution in [2.75, 3.05) is 6.61 Å². The minimum Gasteiger partial charge on any atom is -0.467 e. The number of aromatic nitrogens is 2. The number of fused-ring (bicyclic) bond motifs is 1. The van der Waals surface area contributed by atoms with Crippen LogP contribution in [0, 0.1) is 0 Å². The van der Waals surface area contributed by atoms with Crippen molar-refractivity contribution in [2.24, 2.45) is 0 Å². The molecule has 0 atom stereocenters. The van der Waals surface area contributed by atoms with Gasteiger partial charge in [0.2, 0.25) is 5.88 Å². The van der Waals surface area contributed by atoms with Gasteiger partial charge in [0.25, 0.3) is 5.91 Å². The number of nitrogens with zero attached hydrogens (tertiary/aromatic N) is 2. The molecule has 112 valence electrons. The smallest absolute Gasteiger partial charge is 0.258 e. The summed E-state index contributed by atoms with van der Waals surface area (Å²) in [6.07, 6.45) is 1.43. The standard InChI is InChI=1S/C15H12ClN3O2S/c16-11-3-1-2-10(6-11)7-17-13(20)8-21-14-12-4-5-22-15(12)19-9-18-14/h1-6,9H,7-8H2,(H,17,20). The van der Waals surface area contributed by atoms with Gasteiger partial charge >= 0.3 is 0 Å². The van der Waals surface area contributed by atoms with Gasteiger partial charge in [0.1, 0.15) is 11.2 Å². The molecule has 0 saturated carbocycles. The molecule has 2 heterocycles. The van der Waals surface area contributed by atoms with E-state index in [1.54, 1.807) is 6.07 Å². The highest BCUT2D eigenvalue weighted by molar-refractivity contribution is 7.16. The molecule has 1 N–H and O–H groups in total. The summed E-state index contributed by atoms with van der Waals surface area (Å²) in [5.41, 5.74) is 0.933. The van der Waals surface area contributed by atoms with Gasteiger partial charge in [0, 0.05) is 11.6 Å². The van der Waals surface area contributed by atoms with E-state index in [4.69, 9.17) is 16.3 Å². The first-order chi connectivity index (χ1) is 10.7. The summed E-state index contributed by atoms with van der Waals surface area (Å²) in [6.45, 7) is 0.308. The number of carbonyl (C=O) groups is 1. The van der Waals surface area contributed by atoms with Crippen LogP contribution < -0.4 is 10.1 Å². The summed E-state index contributed by atoms with van der Waals surface area (Å²) in [5.74, 6) is 0.200. The van der Waals surface area contributed by atoms with Gasteiger partial charge in [0.05, 0.1) is 5.39 Å². The van der Waals surface area contributed by atoms with E-state index >= 15 is 0 Å². The predicted molar refractivity (Wildman–Crippen MR) is 86.2 cm³/mol. The molecule has 0 bridgehead atoms. The number of halogens is 1. The van der Waals surface area contributed by atoms with Crippen LogP contribution in [-0.2, 0) is 11.3 Å². The molecule has 3 aromatic rings. The zero-order valence-corrected chi connectivity index (χ0v) is 13.0. The minimum absolute atomic E-state index is 0.0947. The third-order valence-corrected chi connectivity index (χ3v) is 4.00. The number of hydrogen-bond donors (Lipinski definition) is 1. The third-order valence-electron chi connectivity index (χ3n) is 2.94. The molecule has 0 radical (unpaired) electrons. The summed E-state index contributed by atoms with van der Waals surface area (Å²) < 4.78 is 5.47. The van der Waals surface area contributed by atoms with Crippen molar-refractivity contribution in [3.8, 4) is 5.88 Å². The summed E-state index contributed by atoms with van der Waals surface area (Å²) in [7, 11) is 0. The van der Waals surface area contributed by atoms with E-state index in [1.165, 1.54) is 17.7 Å². The van der Waals surface area contributed by atoms with Crippen LogP contribution in [0.1, 0.15) is 5.56 Å². The number of benzene rings is 1. The Labute approximate surface area is 135 Å². The minimum atomic E-state index is -0.220. The van der Waals surface area contributed by atoms with Crippen LogP contribution in [0.3, 0.4) is 0 Å². The molecule has 3 rings (SSSR count). The molecule has 0 unspecified atom stereocenters. The third kappa shape index (κ3) is 3.52. The van der Waals surface area contributed by atoms with Crippen molar-refractivity contribution in [3.05, 3.63) is 52.6 Å². The highest BCUT2D eigenvalue weighted by Gasteiger charge is 2.08. The first-order valence-electron chi connectivity index (χ1n) is 6.54. The number of nitrogens with one attached hydrogen (secondary N) is 1. The van der Waals surface area contributed by atoms with E-state index in [2.05, 4.69) is 15.3 Å². The zero-order chi connectivity index (χ0) is 15.4. The largest absolute Gasteiger partial charge is 0.467 e. The summed E-state index contributed by atoms with van der Waals surface area (Å²) >= 11 is 7.40. The Bertz CT molecular complexity index is 806. The first kappa shape index (κ1) is 14.7. The Kier molecular flexibility index (Phi) is 4.50. The van der Waals surface area contributed by atoms with Crippen LogP contribution in [0.25, 0.3) is 10.2 Å². The van der Waals surface area contributed by atoms with Crippen LogP contribution in [-0.4, -0.2) is 22.5 Å². The SMILES string of the molecule is O=C(COc1ncnc2sccc12)NCc1cccc(Cl)c1. The predicted octanol–water partition coefficient (Wildman–Crippen LogP) is 3.04. The normalized spacial score (nSPS) is 10.6. The number of hydrogen-bond acceptors (Lipinski definition) is 5. The van der Waals surface area contributed by atoms with Crippen molar-refractivity contribution in [2.45, 2.75) is 6.54 Å². The Morgan fingerprint density at radius 1 is 1.32 bits per heavy atom.